The highest BCUT2D eigenvalue weighted by Crippen LogP contribution is 2.23. The maximum absolute atomic E-state index is 11.4. The molecule has 1 fully saturated rings. The normalized spacial score (nSPS) is 21.1. The standard InChI is InChI=1S/C8H16O3S/c9-6-7-12(10,11)8-4-2-1-3-5-8/h8-9H,1-7H2. The molecule has 0 amide bonds. The van der Waals surface area contributed by atoms with Crippen molar-refractivity contribution in [2.24, 2.45) is 0 Å². The van der Waals surface area contributed by atoms with Crippen molar-refractivity contribution in [3.8, 4) is 0 Å². The Labute approximate surface area is 73.7 Å². The highest BCUT2D eigenvalue weighted by Gasteiger charge is 2.26. The van der Waals surface area contributed by atoms with E-state index in [0.29, 0.717) is 0 Å². The van der Waals surface area contributed by atoms with Crippen LogP contribution in [0, 0.1) is 0 Å². The van der Waals surface area contributed by atoms with Gasteiger partial charge in [0.05, 0.1) is 17.6 Å². The third-order valence-electron chi connectivity index (χ3n) is 2.44. The molecule has 0 atom stereocenters. The Hall–Kier alpha value is -0.0900. The third-order valence-corrected chi connectivity index (χ3v) is 4.67. The summed E-state index contributed by atoms with van der Waals surface area (Å²) in [6.07, 6.45) is 4.79. The summed E-state index contributed by atoms with van der Waals surface area (Å²) in [6.45, 7) is -0.237. The lowest BCUT2D eigenvalue weighted by atomic mass is 10.0. The zero-order chi connectivity index (χ0) is 9.03. The van der Waals surface area contributed by atoms with Gasteiger partial charge in [0.1, 0.15) is 0 Å². The summed E-state index contributed by atoms with van der Waals surface area (Å²) in [6, 6.07) is 0. The van der Waals surface area contributed by atoms with E-state index in [1.807, 2.05) is 0 Å². The Balaban J connectivity index is 2.54. The molecule has 0 unspecified atom stereocenters. The number of aliphatic hydroxyl groups excluding tert-OH is 1. The molecule has 0 radical (unpaired) electrons. The average molecular weight is 192 g/mol. The Kier molecular flexibility index (Phi) is 3.53. The van der Waals surface area contributed by atoms with Crippen LogP contribution in [-0.2, 0) is 9.84 Å². The summed E-state index contributed by atoms with van der Waals surface area (Å²) in [4.78, 5) is 0. The van der Waals surface area contributed by atoms with Crippen LogP contribution in [0.2, 0.25) is 0 Å². The van der Waals surface area contributed by atoms with Crippen LogP contribution in [0.5, 0.6) is 0 Å². The maximum atomic E-state index is 11.4. The second-order valence-electron chi connectivity index (χ2n) is 3.35. The summed E-state index contributed by atoms with van der Waals surface area (Å²) < 4.78 is 22.9. The molecule has 72 valence electrons. The predicted octanol–water partition coefficient (Wildman–Crippen LogP) is 0.726. The SMILES string of the molecule is O=S(=O)(CCO)C1CCCCC1. The minimum atomic E-state index is -2.98. The van der Waals surface area contributed by atoms with E-state index in [9.17, 15) is 8.42 Å². The highest BCUT2D eigenvalue weighted by atomic mass is 32.2. The van der Waals surface area contributed by atoms with Crippen molar-refractivity contribution >= 4 is 9.84 Å². The van der Waals surface area contributed by atoms with Gasteiger partial charge in [0.15, 0.2) is 9.84 Å². The van der Waals surface area contributed by atoms with Gasteiger partial charge in [0.25, 0.3) is 0 Å². The van der Waals surface area contributed by atoms with E-state index < -0.39 is 9.84 Å². The zero-order valence-corrected chi connectivity index (χ0v) is 8.02. The lowest BCUT2D eigenvalue weighted by Crippen LogP contribution is -2.27. The van der Waals surface area contributed by atoms with Gasteiger partial charge in [-0.05, 0) is 12.8 Å². The molecule has 0 bridgehead atoms. The number of aliphatic hydroxyl groups is 1. The molecular weight excluding hydrogens is 176 g/mol. The van der Waals surface area contributed by atoms with Gasteiger partial charge in [-0.15, -0.1) is 0 Å². The highest BCUT2D eigenvalue weighted by molar-refractivity contribution is 7.92. The van der Waals surface area contributed by atoms with Crippen LogP contribution in [-0.4, -0.2) is 31.1 Å². The fraction of sp³-hybridized carbons (Fsp3) is 1.00. The average Bonchev–Trinajstić information content (AvgIpc) is 2.06. The van der Waals surface area contributed by atoms with Crippen LogP contribution in [0.1, 0.15) is 32.1 Å². The van der Waals surface area contributed by atoms with E-state index in [1.54, 1.807) is 0 Å². The number of hydrogen-bond acceptors (Lipinski definition) is 3. The monoisotopic (exact) mass is 192 g/mol. The van der Waals surface area contributed by atoms with E-state index in [2.05, 4.69) is 0 Å². The summed E-state index contributed by atoms with van der Waals surface area (Å²) in [7, 11) is -2.98. The van der Waals surface area contributed by atoms with Crippen molar-refractivity contribution in [2.45, 2.75) is 37.4 Å². The zero-order valence-electron chi connectivity index (χ0n) is 7.20. The van der Waals surface area contributed by atoms with Gasteiger partial charge in [0, 0.05) is 0 Å². The second-order valence-corrected chi connectivity index (χ2v) is 5.75. The first-order chi connectivity index (χ1) is 5.67. The van der Waals surface area contributed by atoms with E-state index in [-0.39, 0.29) is 17.6 Å². The van der Waals surface area contributed by atoms with Crippen LogP contribution in [0.3, 0.4) is 0 Å². The molecule has 3 nitrogen and oxygen atoms in total. The van der Waals surface area contributed by atoms with Gasteiger partial charge in [-0.2, -0.15) is 0 Å². The Morgan fingerprint density at radius 2 is 1.75 bits per heavy atom. The van der Waals surface area contributed by atoms with Crippen LogP contribution in [0.4, 0.5) is 0 Å². The van der Waals surface area contributed by atoms with E-state index in [4.69, 9.17) is 5.11 Å². The first kappa shape index (κ1) is 9.99. The number of sulfone groups is 1. The van der Waals surface area contributed by atoms with E-state index in [0.717, 1.165) is 32.1 Å². The topological polar surface area (TPSA) is 54.4 Å². The van der Waals surface area contributed by atoms with Gasteiger partial charge in [-0.3, -0.25) is 0 Å². The quantitative estimate of drug-likeness (QED) is 0.717. The van der Waals surface area contributed by atoms with Gasteiger partial charge < -0.3 is 5.11 Å². The summed E-state index contributed by atoms with van der Waals surface area (Å²) in [5.74, 6) is -0.0579. The summed E-state index contributed by atoms with van der Waals surface area (Å²) in [5.41, 5.74) is 0. The maximum Gasteiger partial charge on any atom is 0.155 e. The molecular formula is C8H16O3S. The van der Waals surface area contributed by atoms with Gasteiger partial charge in [0.2, 0.25) is 0 Å². The smallest absolute Gasteiger partial charge is 0.155 e. The van der Waals surface area contributed by atoms with Crippen LogP contribution < -0.4 is 0 Å². The van der Waals surface area contributed by atoms with Crippen molar-refractivity contribution in [1.29, 1.82) is 0 Å². The predicted molar refractivity (Wildman–Crippen MR) is 47.7 cm³/mol. The Morgan fingerprint density at radius 3 is 2.25 bits per heavy atom. The van der Waals surface area contributed by atoms with Crippen LogP contribution in [0.25, 0.3) is 0 Å². The molecule has 0 aliphatic heterocycles. The molecule has 0 aromatic rings. The first-order valence-corrected chi connectivity index (χ1v) is 6.21. The lowest BCUT2D eigenvalue weighted by molar-refractivity contribution is 0.318. The van der Waals surface area contributed by atoms with Crippen LogP contribution in [0.15, 0.2) is 0 Å². The summed E-state index contributed by atoms with van der Waals surface area (Å²) in [5, 5.41) is 8.39. The van der Waals surface area contributed by atoms with Crippen molar-refractivity contribution in [3.63, 3.8) is 0 Å². The molecule has 4 heteroatoms. The van der Waals surface area contributed by atoms with Gasteiger partial charge in [-0.1, -0.05) is 19.3 Å². The molecule has 1 aliphatic rings. The third kappa shape index (κ3) is 2.45. The Bertz CT molecular complexity index is 214. The van der Waals surface area contributed by atoms with Crippen molar-refractivity contribution in [2.75, 3.05) is 12.4 Å². The van der Waals surface area contributed by atoms with E-state index >= 15 is 0 Å². The van der Waals surface area contributed by atoms with Crippen molar-refractivity contribution in [1.82, 2.24) is 0 Å². The second kappa shape index (κ2) is 4.23. The molecule has 1 N–H and O–H groups in total. The molecule has 0 heterocycles. The van der Waals surface area contributed by atoms with Crippen molar-refractivity contribution < 1.29 is 13.5 Å². The van der Waals surface area contributed by atoms with Gasteiger partial charge in [-0.25, -0.2) is 8.42 Å². The minimum absolute atomic E-state index is 0.0579. The molecule has 1 saturated carbocycles. The molecule has 0 aromatic heterocycles. The van der Waals surface area contributed by atoms with Gasteiger partial charge >= 0.3 is 0 Å². The largest absolute Gasteiger partial charge is 0.395 e. The van der Waals surface area contributed by atoms with E-state index in [1.165, 1.54) is 0 Å². The number of hydrogen-bond donors (Lipinski definition) is 1. The van der Waals surface area contributed by atoms with Crippen molar-refractivity contribution in [3.05, 3.63) is 0 Å². The Morgan fingerprint density at radius 1 is 1.17 bits per heavy atom. The molecule has 12 heavy (non-hydrogen) atoms. The molecule has 0 saturated heterocycles. The summed E-state index contributed by atoms with van der Waals surface area (Å²) >= 11 is 0. The fourth-order valence-corrected chi connectivity index (χ4v) is 3.36. The fourth-order valence-electron chi connectivity index (χ4n) is 1.72. The first-order valence-electron chi connectivity index (χ1n) is 4.49. The molecule has 0 spiro atoms. The molecule has 0 aromatic carbocycles. The molecule has 1 rings (SSSR count). The molecule has 1 aliphatic carbocycles. The number of rotatable bonds is 3. The van der Waals surface area contributed by atoms with Crippen LogP contribution >= 0.6 is 0 Å². The lowest BCUT2D eigenvalue weighted by Gasteiger charge is -2.20. The minimum Gasteiger partial charge on any atom is -0.395 e.